The van der Waals surface area contributed by atoms with Crippen molar-refractivity contribution < 1.29 is 19.1 Å². The monoisotopic (exact) mass is 451 g/mol. The van der Waals surface area contributed by atoms with E-state index in [4.69, 9.17) is 9.47 Å². The number of aryl methyl sites for hydroxylation is 1. The third-order valence-electron chi connectivity index (χ3n) is 7.02. The largest absolute Gasteiger partial charge is 0.454 e. The summed E-state index contributed by atoms with van der Waals surface area (Å²) in [7, 11) is 0. The second kappa shape index (κ2) is 6.87. The lowest BCUT2D eigenvalue weighted by Gasteiger charge is -2.36. The Labute approximate surface area is 195 Å². The third kappa shape index (κ3) is 2.58. The Morgan fingerprint density at radius 3 is 2.68 bits per heavy atom. The van der Waals surface area contributed by atoms with Crippen LogP contribution in [0.1, 0.15) is 28.4 Å². The fourth-order valence-corrected chi connectivity index (χ4v) is 5.51. The lowest BCUT2D eigenvalue weighted by Crippen LogP contribution is -2.44. The van der Waals surface area contributed by atoms with E-state index in [1.807, 2.05) is 67.6 Å². The predicted molar refractivity (Wildman–Crippen MR) is 126 cm³/mol. The minimum absolute atomic E-state index is 0.173. The maximum Gasteiger partial charge on any atom is 0.332 e. The molecule has 168 valence electrons. The lowest BCUT2D eigenvalue weighted by atomic mass is 9.88. The summed E-state index contributed by atoms with van der Waals surface area (Å²) in [5.74, 6) is 1.13. The van der Waals surface area contributed by atoms with E-state index in [2.05, 4.69) is 11.1 Å². The van der Waals surface area contributed by atoms with E-state index in [9.17, 15) is 9.59 Å². The van der Waals surface area contributed by atoms with Gasteiger partial charge in [0.1, 0.15) is 12.1 Å². The number of carbonyl (C=O) groups excluding carboxylic acids is 2. The molecule has 3 amide bonds. The molecule has 0 unspecified atom stereocenters. The molecule has 0 saturated carbocycles. The first-order chi connectivity index (χ1) is 16.6. The molecule has 7 heteroatoms. The second-order valence-electron chi connectivity index (χ2n) is 9.00. The maximum absolute atomic E-state index is 13.9. The molecule has 1 N–H and O–H groups in total. The fourth-order valence-electron chi connectivity index (χ4n) is 5.51. The Hall–Kier alpha value is -4.26. The van der Waals surface area contributed by atoms with E-state index < -0.39 is 12.1 Å². The van der Waals surface area contributed by atoms with Crippen LogP contribution >= 0.6 is 0 Å². The highest BCUT2D eigenvalue weighted by Crippen LogP contribution is 2.46. The number of amides is 3. The molecule has 3 aliphatic rings. The van der Waals surface area contributed by atoms with Gasteiger partial charge in [0.15, 0.2) is 11.5 Å². The van der Waals surface area contributed by atoms with Crippen LogP contribution in [-0.4, -0.2) is 34.7 Å². The SMILES string of the molecule is Cc1cccc(N2C(=O)[C@H]3Cc4c([nH]c5ccccc45)[C@@H](c4ccc5c(c4)OCO5)N3C2=O)c1. The molecule has 2 atom stereocenters. The van der Waals surface area contributed by atoms with Crippen LogP contribution < -0.4 is 14.4 Å². The molecule has 0 bridgehead atoms. The average Bonchev–Trinajstić information content (AvgIpc) is 3.52. The van der Waals surface area contributed by atoms with Crippen LogP contribution in [0.4, 0.5) is 10.5 Å². The van der Waals surface area contributed by atoms with Crippen LogP contribution in [0, 0.1) is 6.92 Å². The van der Waals surface area contributed by atoms with Crippen LogP contribution in [0.3, 0.4) is 0 Å². The minimum Gasteiger partial charge on any atom is -0.454 e. The van der Waals surface area contributed by atoms with Gasteiger partial charge >= 0.3 is 6.03 Å². The third-order valence-corrected chi connectivity index (χ3v) is 7.02. The average molecular weight is 451 g/mol. The number of ether oxygens (including phenoxy) is 2. The highest BCUT2D eigenvalue weighted by Gasteiger charge is 2.53. The van der Waals surface area contributed by atoms with Gasteiger partial charge in [-0.1, -0.05) is 36.4 Å². The number of anilines is 1. The number of rotatable bonds is 2. The normalized spacial score (nSPS) is 20.7. The zero-order chi connectivity index (χ0) is 23.0. The topological polar surface area (TPSA) is 74.9 Å². The first-order valence-corrected chi connectivity index (χ1v) is 11.3. The first-order valence-electron chi connectivity index (χ1n) is 11.3. The van der Waals surface area contributed by atoms with Crippen LogP contribution in [0.15, 0.2) is 66.7 Å². The molecule has 0 aliphatic carbocycles. The molecule has 1 aromatic heterocycles. The molecular weight excluding hydrogens is 430 g/mol. The highest BCUT2D eigenvalue weighted by atomic mass is 16.7. The molecule has 4 aromatic rings. The molecule has 7 rings (SSSR count). The smallest absolute Gasteiger partial charge is 0.332 e. The molecule has 1 saturated heterocycles. The number of aromatic amines is 1. The number of nitrogens with zero attached hydrogens (tertiary/aromatic N) is 2. The van der Waals surface area contributed by atoms with E-state index in [0.29, 0.717) is 23.6 Å². The summed E-state index contributed by atoms with van der Waals surface area (Å²) in [5.41, 5.74) is 5.47. The highest BCUT2D eigenvalue weighted by molar-refractivity contribution is 6.22. The van der Waals surface area contributed by atoms with Gasteiger partial charge in [-0.15, -0.1) is 0 Å². The molecule has 3 aliphatic heterocycles. The summed E-state index contributed by atoms with van der Waals surface area (Å²) >= 11 is 0. The number of urea groups is 1. The number of fused-ring (bicyclic) bond motifs is 5. The van der Waals surface area contributed by atoms with Crippen molar-refractivity contribution in [1.29, 1.82) is 0 Å². The molecule has 4 heterocycles. The predicted octanol–water partition coefficient (Wildman–Crippen LogP) is 4.69. The molecule has 0 radical (unpaired) electrons. The Bertz CT molecular complexity index is 1510. The van der Waals surface area contributed by atoms with Crippen molar-refractivity contribution in [3.05, 3.63) is 89.1 Å². The standard InChI is InChI=1S/C27H21N3O4/c1-15-5-4-6-17(11-15)29-26(31)21-13-19-18-7-2-3-8-20(18)28-24(19)25(30(21)27(29)32)16-9-10-22-23(12-16)34-14-33-22/h2-12,21,25,28H,13-14H2,1H3/t21-,25-/m1/s1. The van der Waals surface area contributed by atoms with Gasteiger partial charge in [-0.3, -0.25) is 9.69 Å². The Morgan fingerprint density at radius 2 is 1.79 bits per heavy atom. The minimum atomic E-state index is -0.588. The van der Waals surface area contributed by atoms with Gasteiger partial charge in [0.25, 0.3) is 5.91 Å². The van der Waals surface area contributed by atoms with Crippen molar-refractivity contribution in [1.82, 2.24) is 9.88 Å². The molecule has 3 aromatic carbocycles. The zero-order valence-corrected chi connectivity index (χ0v) is 18.4. The van der Waals surface area contributed by atoms with Gasteiger partial charge in [0, 0.05) is 23.0 Å². The van der Waals surface area contributed by atoms with E-state index in [-0.39, 0.29) is 18.7 Å². The zero-order valence-electron chi connectivity index (χ0n) is 18.4. The number of imide groups is 1. The lowest BCUT2D eigenvalue weighted by molar-refractivity contribution is -0.120. The van der Waals surface area contributed by atoms with Crippen LogP contribution in [0.2, 0.25) is 0 Å². The van der Waals surface area contributed by atoms with Crippen molar-refractivity contribution in [2.75, 3.05) is 11.7 Å². The van der Waals surface area contributed by atoms with Crippen LogP contribution in [-0.2, 0) is 11.2 Å². The fraction of sp³-hybridized carbons (Fsp3) is 0.185. The van der Waals surface area contributed by atoms with Crippen molar-refractivity contribution >= 4 is 28.5 Å². The quantitative estimate of drug-likeness (QED) is 0.449. The van der Waals surface area contributed by atoms with Gasteiger partial charge in [-0.05, 0) is 53.9 Å². The van der Waals surface area contributed by atoms with E-state index >= 15 is 0 Å². The van der Waals surface area contributed by atoms with Gasteiger partial charge in [0.05, 0.1) is 5.69 Å². The summed E-state index contributed by atoms with van der Waals surface area (Å²) < 4.78 is 11.1. The number of nitrogens with one attached hydrogen (secondary N) is 1. The molecule has 1 fully saturated rings. The van der Waals surface area contributed by atoms with Crippen LogP contribution in [0.5, 0.6) is 11.5 Å². The van der Waals surface area contributed by atoms with E-state index in [1.165, 1.54) is 4.90 Å². The van der Waals surface area contributed by atoms with Crippen molar-refractivity contribution in [3.8, 4) is 11.5 Å². The summed E-state index contributed by atoms with van der Waals surface area (Å²) in [6.07, 6.45) is 0.466. The summed E-state index contributed by atoms with van der Waals surface area (Å²) in [6, 6.07) is 20.0. The van der Waals surface area contributed by atoms with Gasteiger partial charge in [-0.25, -0.2) is 9.69 Å². The van der Waals surface area contributed by atoms with E-state index in [1.54, 1.807) is 4.90 Å². The van der Waals surface area contributed by atoms with Crippen molar-refractivity contribution in [2.45, 2.75) is 25.4 Å². The van der Waals surface area contributed by atoms with Gasteiger partial charge in [-0.2, -0.15) is 0 Å². The van der Waals surface area contributed by atoms with Crippen molar-refractivity contribution in [2.24, 2.45) is 0 Å². The molecule has 7 nitrogen and oxygen atoms in total. The van der Waals surface area contributed by atoms with Gasteiger partial charge in [0.2, 0.25) is 6.79 Å². The summed E-state index contributed by atoms with van der Waals surface area (Å²) in [5, 5.41) is 1.08. The Kier molecular flexibility index (Phi) is 3.89. The summed E-state index contributed by atoms with van der Waals surface area (Å²) in [6.45, 7) is 2.13. The second-order valence-corrected chi connectivity index (χ2v) is 9.00. The number of H-pyrrole nitrogens is 1. The number of hydrogen-bond donors (Lipinski definition) is 1. The van der Waals surface area contributed by atoms with Crippen LogP contribution in [0.25, 0.3) is 10.9 Å². The first kappa shape index (κ1) is 19.2. The maximum atomic E-state index is 13.9. The number of aromatic nitrogens is 1. The number of benzene rings is 3. The van der Waals surface area contributed by atoms with Crippen molar-refractivity contribution in [3.63, 3.8) is 0 Å². The molecule has 34 heavy (non-hydrogen) atoms. The molecular formula is C27H21N3O4. The number of carbonyl (C=O) groups is 2. The summed E-state index contributed by atoms with van der Waals surface area (Å²) in [4.78, 5) is 34.2. The Morgan fingerprint density at radius 1 is 0.941 bits per heavy atom. The Balaban J connectivity index is 1.43. The number of hydrogen-bond acceptors (Lipinski definition) is 4. The number of para-hydroxylation sites is 1. The molecule has 0 spiro atoms. The van der Waals surface area contributed by atoms with Gasteiger partial charge < -0.3 is 14.5 Å². The van der Waals surface area contributed by atoms with E-state index in [0.717, 1.165) is 33.3 Å².